The van der Waals surface area contributed by atoms with Gasteiger partial charge in [0, 0.05) is 18.8 Å². The van der Waals surface area contributed by atoms with E-state index in [1.54, 1.807) is 12.1 Å². The van der Waals surface area contributed by atoms with Gasteiger partial charge in [0.2, 0.25) is 10.0 Å². The van der Waals surface area contributed by atoms with Crippen molar-refractivity contribution in [3.63, 3.8) is 0 Å². The number of piperidine rings is 1. The first-order valence-corrected chi connectivity index (χ1v) is 11.2. The number of carbonyl (C=O) groups is 1. The number of hydrogen-bond acceptors (Lipinski definition) is 3. The molecule has 1 saturated heterocycles. The quantitative estimate of drug-likeness (QED) is 0.802. The van der Waals surface area contributed by atoms with Gasteiger partial charge in [0.05, 0.1) is 10.5 Å². The second-order valence-corrected chi connectivity index (χ2v) is 10.1. The topological polar surface area (TPSA) is 66.5 Å². The van der Waals surface area contributed by atoms with E-state index in [1.807, 2.05) is 33.8 Å². The summed E-state index contributed by atoms with van der Waals surface area (Å²) in [5, 5.41) is 2.65. The molecule has 29 heavy (non-hydrogen) atoms. The Kier molecular flexibility index (Phi) is 6.10. The van der Waals surface area contributed by atoms with Gasteiger partial charge in [-0.15, -0.1) is 0 Å². The Hall–Kier alpha value is -2.25. The normalized spacial score (nSPS) is 20.4. The Morgan fingerprint density at radius 3 is 2.31 bits per heavy atom. The largest absolute Gasteiger partial charge is 0.322 e. The fourth-order valence-electron chi connectivity index (χ4n) is 3.81. The molecule has 2 aromatic carbocycles. The smallest absolute Gasteiger partial charge is 0.258 e. The first kappa shape index (κ1) is 21.5. The van der Waals surface area contributed by atoms with Gasteiger partial charge in [0.25, 0.3) is 5.91 Å². The van der Waals surface area contributed by atoms with Crippen molar-refractivity contribution in [3.8, 4) is 0 Å². The molecule has 1 aliphatic rings. The van der Waals surface area contributed by atoms with E-state index in [9.17, 15) is 17.6 Å². The highest BCUT2D eigenvalue weighted by Crippen LogP contribution is 2.28. The number of aryl methyl sites for hydroxylation is 2. The molecule has 0 unspecified atom stereocenters. The number of anilines is 1. The lowest BCUT2D eigenvalue weighted by Crippen LogP contribution is -2.42. The van der Waals surface area contributed by atoms with Crippen molar-refractivity contribution in [2.24, 2.45) is 11.8 Å². The van der Waals surface area contributed by atoms with Gasteiger partial charge < -0.3 is 5.32 Å². The van der Waals surface area contributed by atoms with Crippen molar-refractivity contribution in [3.05, 3.63) is 58.9 Å². The maximum absolute atomic E-state index is 14.4. The van der Waals surface area contributed by atoms with Crippen molar-refractivity contribution in [2.75, 3.05) is 18.4 Å². The van der Waals surface area contributed by atoms with Crippen molar-refractivity contribution in [2.45, 2.75) is 39.0 Å². The van der Waals surface area contributed by atoms with Gasteiger partial charge in [-0.1, -0.05) is 19.9 Å². The first-order valence-electron chi connectivity index (χ1n) is 9.76. The summed E-state index contributed by atoms with van der Waals surface area (Å²) < 4.78 is 41.9. The third-order valence-electron chi connectivity index (χ3n) is 5.42. The molecule has 156 valence electrons. The summed E-state index contributed by atoms with van der Waals surface area (Å²) in [6.07, 6.45) is 0.971. The van der Waals surface area contributed by atoms with Gasteiger partial charge in [-0.3, -0.25) is 4.79 Å². The van der Waals surface area contributed by atoms with Crippen LogP contribution in [0.25, 0.3) is 0 Å². The highest BCUT2D eigenvalue weighted by molar-refractivity contribution is 7.89. The lowest BCUT2D eigenvalue weighted by atomic mass is 9.94. The number of halogens is 1. The molecule has 1 heterocycles. The zero-order chi connectivity index (χ0) is 21.3. The van der Waals surface area contributed by atoms with Gasteiger partial charge in [0.15, 0.2) is 0 Å². The first-order chi connectivity index (χ1) is 13.6. The second-order valence-electron chi connectivity index (χ2n) is 8.16. The van der Waals surface area contributed by atoms with Crippen LogP contribution >= 0.6 is 0 Å². The van der Waals surface area contributed by atoms with Crippen molar-refractivity contribution in [1.82, 2.24) is 4.31 Å². The number of hydrogen-bond donors (Lipinski definition) is 1. The Morgan fingerprint density at radius 1 is 1.03 bits per heavy atom. The van der Waals surface area contributed by atoms with Crippen molar-refractivity contribution >= 4 is 21.6 Å². The fraction of sp³-hybridized carbons (Fsp3) is 0.409. The molecule has 0 spiro atoms. The highest BCUT2D eigenvalue weighted by atomic mass is 32.2. The summed E-state index contributed by atoms with van der Waals surface area (Å²) in [7, 11) is -3.80. The molecule has 1 amide bonds. The number of sulfonamides is 1. The van der Waals surface area contributed by atoms with Gasteiger partial charge in [-0.2, -0.15) is 4.31 Å². The van der Waals surface area contributed by atoms with E-state index in [1.165, 1.54) is 10.4 Å². The molecule has 0 radical (unpaired) electrons. The monoisotopic (exact) mass is 418 g/mol. The van der Waals surface area contributed by atoms with Crippen LogP contribution in [0.1, 0.15) is 41.8 Å². The van der Waals surface area contributed by atoms with Crippen molar-refractivity contribution < 1.29 is 17.6 Å². The Balaban J connectivity index is 1.89. The average molecular weight is 419 g/mol. The van der Waals surface area contributed by atoms with E-state index in [0.29, 0.717) is 18.8 Å². The summed E-state index contributed by atoms with van der Waals surface area (Å²) in [6.45, 7) is 8.76. The lowest BCUT2D eigenvalue weighted by Gasteiger charge is -2.34. The molecule has 0 aliphatic carbocycles. The zero-order valence-electron chi connectivity index (χ0n) is 17.2. The Morgan fingerprint density at radius 2 is 1.69 bits per heavy atom. The molecule has 5 nitrogen and oxygen atoms in total. The van der Waals surface area contributed by atoms with E-state index < -0.39 is 21.7 Å². The Bertz CT molecular complexity index is 1030. The van der Waals surface area contributed by atoms with E-state index in [-0.39, 0.29) is 22.3 Å². The number of carbonyl (C=O) groups excluding carboxylic acids is 1. The predicted octanol–water partition coefficient (Wildman–Crippen LogP) is 4.36. The minimum atomic E-state index is -3.80. The van der Waals surface area contributed by atoms with Crippen LogP contribution in [0.5, 0.6) is 0 Å². The molecule has 1 aliphatic heterocycles. The molecular formula is C22H27FN2O3S. The molecule has 0 aromatic heterocycles. The molecule has 1 fully saturated rings. The molecule has 2 aromatic rings. The molecule has 3 rings (SSSR count). The van der Waals surface area contributed by atoms with E-state index >= 15 is 0 Å². The minimum absolute atomic E-state index is 0.0644. The van der Waals surface area contributed by atoms with Crippen LogP contribution in [0.15, 0.2) is 41.3 Å². The summed E-state index contributed by atoms with van der Waals surface area (Å²) in [5.74, 6) is -0.933. The van der Waals surface area contributed by atoms with Crippen LogP contribution in [0, 0.1) is 31.5 Å². The average Bonchev–Trinajstić information content (AvgIpc) is 2.64. The summed E-state index contributed by atoms with van der Waals surface area (Å²) in [5.41, 5.74) is 2.31. The number of amides is 1. The summed E-state index contributed by atoms with van der Waals surface area (Å²) in [4.78, 5) is 12.6. The third-order valence-corrected chi connectivity index (χ3v) is 7.25. The maximum atomic E-state index is 14.4. The highest BCUT2D eigenvalue weighted by Gasteiger charge is 2.32. The number of nitrogens with zero attached hydrogens (tertiary/aromatic N) is 1. The summed E-state index contributed by atoms with van der Waals surface area (Å²) in [6, 6.07) is 8.78. The molecule has 2 atom stereocenters. The van der Waals surface area contributed by atoms with Crippen LogP contribution in [0.4, 0.5) is 10.1 Å². The van der Waals surface area contributed by atoms with Gasteiger partial charge in [-0.05, 0) is 73.6 Å². The number of benzene rings is 2. The molecular weight excluding hydrogens is 391 g/mol. The second kappa shape index (κ2) is 8.24. The lowest BCUT2D eigenvalue weighted by molar-refractivity contribution is 0.102. The van der Waals surface area contributed by atoms with Gasteiger partial charge in [-0.25, -0.2) is 12.8 Å². The SMILES string of the molecule is Cc1ccc(NC(=O)c2cc(S(=O)(=O)N3C[C@H](C)C[C@H](C)C3)ccc2F)cc1C. The van der Waals surface area contributed by atoms with E-state index in [4.69, 9.17) is 0 Å². The van der Waals surface area contributed by atoms with Crippen LogP contribution in [-0.2, 0) is 10.0 Å². The fourth-order valence-corrected chi connectivity index (χ4v) is 5.51. The number of nitrogens with one attached hydrogen (secondary N) is 1. The van der Waals surface area contributed by atoms with Gasteiger partial charge in [0.1, 0.15) is 5.82 Å². The molecule has 1 N–H and O–H groups in total. The van der Waals surface area contributed by atoms with Crippen LogP contribution in [-0.4, -0.2) is 31.7 Å². The predicted molar refractivity (Wildman–Crippen MR) is 112 cm³/mol. The van der Waals surface area contributed by atoms with Crippen LogP contribution < -0.4 is 5.32 Å². The molecule has 0 saturated carbocycles. The standard InChI is InChI=1S/C22H27FN2O3S/c1-14-9-15(2)13-25(12-14)29(27,28)19-7-8-21(23)20(11-19)22(26)24-18-6-5-16(3)17(4)10-18/h5-8,10-11,14-15H,9,12-13H2,1-4H3,(H,24,26)/t14-,15+. The van der Waals surface area contributed by atoms with Crippen LogP contribution in [0.3, 0.4) is 0 Å². The van der Waals surface area contributed by atoms with E-state index in [2.05, 4.69) is 5.32 Å². The molecule has 0 bridgehead atoms. The van der Waals surface area contributed by atoms with Crippen molar-refractivity contribution in [1.29, 1.82) is 0 Å². The molecule has 7 heteroatoms. The minimum Gasteiger partial charge on any atom is -0.322 e. The Labute approximate surface area is 172 Å². The third kappa shape index (κ3) is 4.67. The zero-order valence-corrected chi connectivity index (χ0v) is 18.0. The number of rotatable bonds is 4. The van der Waals surface area contributed by atoms with Gasteiger partial charge >= 0.3 is 0 Å². The van der Waals surface area contributed by atoms with E-state index in [0.717, 1.165) is 29.7 Å². The summed E-state index contributed by atoms with van der Waals surface area (Å²) >= 11 is 0. The maximum Gasteiger partial charge on any atom is 0.258 e. The van der Waals surface area contributed by atoms with Crippen LogP contribution in [0.2, 0.25) is 0 Å².